The summed E-state index contributed by atoms with van der Waals surface area (Å²) in [4.78, 5) is 56.8. The predicted octanol–water partition coefficient (Wildman–Crippen LogP) is 14.8. The number of nitrogens with one attached hydrogen (secondary N) is 3. The molecule has 0 bridgehead atoms. The summed E-state index contributed by atoms with van der Waals surface area (Å²) in [5.74, 6) is 6.93. The lowest BCUT2D eigenvalue weighted by Gasteiger charge is -2.20. The fraction of sp³-hybridized carbons (Fsp3) is 0.348. The Bertz CT molecular complexity index is 5490. The van der Waals surface area contributed by atoms with Crippen LogP contribution in [-0.2, 0) is 13.0 Å². The van der Waals surface area contributed by atoms with Crippen molar-refractivity contribution in [2.75, 3.05) is 112 Å². The van der Waals surface area contributed by atoms with Gasteiger partial charge in [-0.3, -0.25) is 14.7 Å². The van der Waals surface area contributed by atoms with E-state index in [0.717, 1.165) is 84.3 Å². The Labute approximate surface area is 700 Å². The largest absolute Gasteiger partial charge is 0.490 e. The van der Waals surface area contributed by atoms with Crippen LogP contribution < -0.4 is 48.5 Å². The standard InChI is InChI=1S/C27H36N4O3.C24H28N4O4.C20H22N4O5.C18H17N3O5/c1-5-31(6-2)17-16-28-23-14-13-20-21(23)10-9-11-22(20)26-29-27(34-30-26)19-12-15-24(32-7-3)25(18-19)33-8-4;1-4-30-21-9-7-17(13-22(21)31-5-2)24-26-23(27-32-24)16-6-8-20-19(12-16)18(14-25-20)15-28(3)10-11-29;1-3-27-16-6-5-14(12-17(16)28-4-2)20-23-18(24-29-20)13-7-8-21-15(11-13)19(26)22-9-10-25;1-3-24-14-6-5-12(10-15(14)25-4-2)17-20-16(21-26-17)11-7-8-19-13(9-11)18(22)23/h9-12,15,18,23,28H,5-8,13-14,16-17H2,1-4H3;6-9,12-14,25,29H,4-5,10-11,15H2,1-3H3;5-8,11-12,25H,3-4,9-10H2,1-2H3,(H,22,26);5-10H,3-4H2,1-2H3,(H,22,23). The van der Waals surface area contributed by atoms with Gasteiger partial charge in [-0.1, -0.05) is 52.7 Å². The summed E-state index contributed by atoms with van der Waals surface area (Å²) in [6.45, 7) is 29.8. The molecule has 1 aliphatic carbocycles. The highest BCUT2D eigenvalue weighted by Gasteiger charge is 2.28. The molecule has 1 unspecified atom stereocenters. The highest BCUT2D eigenvalue weighted by molar-refractivity contribution is 5.93. The van der Waals surface area contributed by atoms with Gasteiger partial charge in [0.1, 0.15) is 11.4 Å². The molecule has 13 aromatic rings. The molecule has 7 aromatic heterocycles. The van der Waals surface area contributed by atoms with Crippen molar-refractivity contribution < 1.29 is 80.9 Å². The minimum absolute atomic E-state index is 0.0893. The highest BCUT2D eigenvalue weighted by atomic mass is 16.5. The normalized spacial score (nSPS) is 12.0. The average Bonchev–Trinajstić information content (AvgIpc) is 1.64. The van der Waals surface area contributed by atoms with E-state index in [1.807, 2.05) is 123 Å². The van der Waals surface area contributed by atoms with Crippen molar-refractivity contribution in [2.45, 2.75) is 94.7 Å². The third-order valence-corrected chi connectivity index (χ3v) is 18.9. The number of aromatic carboxylic acids is 1. The Kier molecular flexibility index (Phi) is 32.7. The van der Waals surface area contributed by atoms with E-state index in [9.17, 15) is 9.59 Å². The molecule has 6 N–H and O–H groups in total. The monoisotopic (exact) mass is 1650 g/mol. The number of carbonyl (C=O) groups excluding carboxylic acids is 1. The third-order valence-electron chi connectivity index (χ3n) is 18.9. The summed E-state index contributed by atoms with van der Waals surface area (Å²) in [6, 6.07) is 41.1. The van der Waals surface area contributed by atoms with Crippen LogP contribution in [0.15, 0.2) is 170 Å². The van der Waals surface area contributed by atoms with Gasteiger partial charge < -0.3 is 91.8 Å². The highest BCUT2D eigenvalue weighted by Crippen LogP contribution is 2.41. The number of fused-ring (bicyclic) bond motifs is 2. The summed E-state index contributed by atoms with van der Waals surface area (Å²) in [7, 11) is 1.98. The van der Waals surface area contributed by atoms with Gasteiger partial charge in [0.2, 0.25) is 23.3 Å². The number of amides is 1. The van der Waals surface area contributed by atoms with Crippen LogP contribution in [0.25, 0.3) is 102 Å². The number of pyridine rings is 2. The maximum atomic E-state index is 12.0. The molecule has 1 atom stereocenters. The number of rotatable bonds is 38. The number of aliphatic hydroxyl groups is 2. The van der Waals surface area contributed by atoms with Crippen molar-refractivity contribution in [3.63, 3.8) is 0 Å². The molecule has 0 saturated heterocycles. The molecular weight excluding hydrogens is 1550 g/mol. The van der Waals surface area contributed by atoms with Gasteiger partial charge in [0.15, 0.2) is 46.0 Å². The van der Waals surface area contributed by atoms with Crippen LogP contribution in [0.2, 0.25) is 0 Å². The molecule has 0 saturated carbocycles. The molecule has 0 aliphatic heterocycles. The molecule has 1 amide bonds. The van der Waals surface area contributed by atoms with Gasteiger partial charge in [-0.15, -0.1) is 0 Å². The lowest BCUT2D eigenvalue weighted by molar-refractivity contribution is 0.0690. The Morgan fingerprint density at radius 1 is 0.471 bits per heavy atom. The number of likely N-dealkylation sites (N-methyl/N-ethyl adjacent to an activating group) is 2. The first-order valence-corrected chi connectivity index (χ1v) is 40.6. The molecule has 32 nitrogen and oxygen atoms in total. The van der Waals surface area contributed by atoms with E-state index in [0.29, 0.717) is 169 Å². The number of aromatic amines is 1. The lowest BCUT2D eigenvalue weighted by atomic mass is 10.0. The van der Waals surface area contributed by atoms with Crippen LogP contribution in [0, 0.1) is 0 Å². The zero-order chi connectivity index (χ0) is 85.6. The predicted molar refractivity (Wildman–Crippen MR) is 454 cm³/mol. The van der Waals surface area contributed by atoms with Gasteiger partial charge >= 0.3 is 5.97 Å². The van der Waals surface area contributed by atoms with E-state index in [-0.39, 0.29) is 42.9 Å². The van der Waals surface area contributed by atoms with Gasteiger partial charge in [0, 0.05) is 113 Å². The number of aromatic nitrogens is 11. The van der Waals surface area contributed by atoms with Crippen molar-refractivity contribution in [1.82, 2.24) is 75.9 Å². The van der Waals surface area contributed by atoms with E-state index >= 15 is 0 Å². The maximum Gasteiger partial charge on any atom is 0.354 e. The molecule has 1 aliphatic rings. The first-order valence-electron chi connectivity index (χ1n) is 40.6. The van der Waals surface area contributed by atoms with Gasteiger partial charge in [0.05, 0.1) is 66.1 Å². The van der Waals surface area contributed by atoms with Crippen molar-refractivity contribution in [3.8, 4) is 137 Å². The Hall–Kier alpha value is -13.1. The number of nitrogens with zero attached hydrogens (tertiary/aromatic N) is 12. The van der Waals surface area contributed by atoms with Crippen molar-refractivity contribution in [2.24, 2.45) is 0 Å². The second kappa shape index (κ2) is 44.6. The first kappa shape index (κ1) is 88.7. The van der Waals surface area contributed by atoms with Crippen LogP contribution in [0.3, 0.4) is 0 Å². The van der Waals surface area contributed by atoms with Crippen molar-refractivity contribution >= 4 is 22.8 Å². The van der Waals surface area contributed by atoms with E-state index in [1.54, 1.807) is 48.5 Å². The van der Waals surface area contributed by atoms with Crippen LogP contribution >= 0.6 is 0 Å². The van der Waals surface area contributed by atoms with E-state index < -0.39 is 11.9 Å². The molecule has 0 spiro atoms. The number of hydrogen-bond donors (Lipinski definition) is 6. The van der Waals surface area contributed by atoms with Crippen LogP contribution in [0.1, 0.15) is 119 Å². The molecular formula is C89H103N15O17. The smallest absolute Gasteiger partial charge is 0.354 e. The molecule has 32 heteroatoms. The third kappa shape index (κ3) is 23.2. The van der Waals surface area contributed by atoms with Crippen molar-refractivity contribution in [3.05, 3.63) is 180 Å². The van der Waals surface area contributed by atoms with Gasteiger partial charge in [-0.25, -0.2) is 9.78 Å². The fourth-order valence-corrected chi connectivity index (χ4v) is 13.2. The molecule has 0 radical (unpaired) electrons. The number of benzene rings is 6. The Morgan fingerprint density at radius 3 is 1.33 bits per heavy atom. The van der Waals surface area contributed by atoms with Crippen molar-refractivity contribution in [1.29, 1.82) is 0 Å². The first-order chi connectivity index (χ1) is 59.1. The maximum absolute atomic E-state index is 12.0. The average molecular weight is 1650 g/mol. The number of carboxylic acid groups (broad SMARTS) is 1. The van der Waals surface area contributed by atoms with Crippen LogP contribution in [-0.4, -0.2) is 205 Å². The molecule has 636 valence electrons. The van der Waals surface area contributed by atoms with E-state index in [1.165, 1.54) is 29.6 Å². The quantitative estimate of drug-likeness (QED) is 0.0209. The summed E-state index contributed by atoms with van der Waals surface area (Å²) in [5, 5.41) is 50.9. The molecule has 0 fully saturated rings. The van der Waals surface area contributed by atoms with Gasteiger partial charge in [-0.2, -0.15) is 19.9 Å². The molecule has 7 heterocycles. The molecule has 14 rings (SSSR count). The minimum atomic E-state index is -1.12. The van der Waals surface area contributed by atoms with Gasteiger partial charge in [0.25, 0.3) is 29.5 Å². The number of H-pyrrole nitrogens is 1. The van der Waals surface area contributed by atoms with Crippen LogP contribution in [0.5, 0.6) is 46.0 Å². The Balaban J connectivity index is 0.000000158. The second-order valence-corrected chi connectivity index (χ2v) is 26.9. The number of carboxylic acids is 1. The molecule has 6 aromatic carbocycles. The molecule has 121 heavy (non-hydrogen) atoms. The summed E-state index contributed by atoms with van der Waals surface area (Å²) >= 11 is 0. The Morgan fingerprint density at radius 2 is 0.893 bits per heavy atom. The lowest BCUT2D eigenvalue weighted by Crippen LogP contribution is -2.33. The van der Waals surface area contributed by atoms with E-state index in [2.05, 4.69) is 109 Å². The zero-order valence-corrected chi connectivity index (χ0v) is 69.9. The number of aliphatic hydroxyl groups excluding tert-OH is 2. The van der Waals surface area contributed by atoms with Gasteiger partial charge in [-0.05, 0) is 220 Å². The number of ether oxygens (including phenoxy) is 8. The second-order valence-electron chi connectivity index (χ2n) is 26.9. The topological polar surface area (TPSA) is 396 Å². The summed E-state index contributed by atoms with van der Waals surface area (Å²) in [5.41, 5.74) is 10.9. The minimum Gasteiger partial charge on any atom is -0.490 e. The zero-order valence-electron chi connectivity index (χ0n) is 69.9. The van der Waals surface area contributed by atoms with Crippen LogP contribution in [0.4, 0.5) is 0 Å². The summed E-state index contributed by atoms with van der Waals surface area (Å²) < 4.78 is 67.0. The van der Waals surface area contributed by atoms with E-state index in [4.69, 9.17) is 76.3 Å². The SMILES string of the molecule is CCOc1ccc(-c2nc(-c3ccc4[nH]cc(CN(C)CCO)c4c3)no2)cc1OCC.CCOc1ccc(-c2nc(-c3cccc4c3CCC4NCCN(CC)CC)no2)cc1OCC.CCOc1ccc(-c2nc(-c3ccnc(C(=O)NCCO)c3)no2)cc1OCC.CCOc1ccc(-c2nc(-c3ccnc(C(=O)O)c3)no2)cc1OCC. The number of hydrogen-bond acceptors (Lipinski definition) is 29. The number of carbonyl (C=O) groups is 2. The fourth-order valence-electron chi connectivity index (χ4n) is 13.2. The summed E-state index contributed by atoms with van der Waals surface area (Å²) in [6.07, 6.45) is 6.98.